The maximum atomic E-state index is 11.9. The van der Waals surface area contributed by atoms with Crippen molar-refractivity contribution >= 4 is 0 Å². The summed E-state index contributed by atoms with van der Waals surface area (Å²) >= 11 is 0. The predicted molar refractivity (Wildman–Crippen MR) is 71.6 cm³/mol. The molecule has 0 spiro atoms. The largest absolute Gasteiger partial charge is 0.492 e. The Labute approximate surface area is 117 Å². The molecule has 1 heterocycles. The maximum Gasteiger partial charge on any atom is 0.389 e. The molecule has 0 aliphatic heterocycles. The van der Waals surface area contributed by atoms with E-state index < -0.39 is 12.6 Å². The molecule has 0 atom stereocenters. The first-order valence-electron chi connectivity index (χ1n) is 6.55. The first-order valence-corrected chi connectivity index (χ1v) is 6.55. The number of hydrogen-bond acceptors (Lipinski definition) is 3. The minimum atomic E-state index is -4.12. The molecular weight excluding hydrogens is 269 g/mol. The summed E-state index contributed by atoms with van der Waals surface area (Å²) in [5.74, 6) is 0.492. The van der Waals surface area contributed by atoms with Crippen LogP contribution in [-0.2, 0) is 6.54 Å². The highest BCUT2D eigenvalue weighted by Gasteiger charge is 2.26. The number of rotatable bonds is 6. The SMILES string of the molecule is CC(C)(C)NCc1ccc(OCCCC(F)(F)F)cn1. The second kappa shape index (κ2) is 6.92. The predicted octanol–water partition coefficient (Wildman–Crippen LogP) is 3.69. The van der Waals surface area contributed by atoms with Gasteiger partial charge in [0.05, 0.1) is 18.5 Å². The summed E-state index contributed by atoms with van der Waals surface area (Å²) in [5.41, 5.74) is 0.872. The second-order valence-electron chi connectivity index (χ2n) is 5.66. The van der Waals surface area contributed by atoms with Gasteiger partial charge in [-0.15, -0.1) is 0 Å². The number of aromatic nitrogens is 1. The summed E-state index contributed by atoms with van der Waals surface area (Å²) in [6.07, 6.45) is -3.46. The molecule has 1 rings (SSSR count). The average molecular weight is 290 g/mol. The van der Waals surface area contributed by atoms with Gasteiger partial charge in [0.25, 0.3) is 0 Å². The van der Waals surface area contributed by atoms with Crippen LogP contribution >= 0.6 is 0 Å². The number of ether oxygens (including phenoxy) is 1. The van der Waals surface area contributed by atoms with E-state index in [1.807, 2.05) is 0 Å². The van der Waals surface area contributed by atoms with E-state index in [1.165, 1.54) is 6.20 Å². The average Bonchev–Trinajstić information content (AvgIpc) is 2.31. The number of nitrogens with one attached hydrogen (secondary N) is 1. The highest BCUT2D eigenvalue weighted by molar-refractivity contribution is 5.19. The van der Waals surface area contributed by atoms with Crippen LogP contribution in [0.15, 0.2) is 18.3 Å². The van der Waals surface area contributed by atoms with Crippen LogP contribution in [0.5, 0.6) is 5.75 Å². The van der Waals surface area contributed by atoms with E-state index in [1.54, 1.807) is 12.1 Å². The van der Waals surface area contributed by atoms with Gasteiger partial charge in [-0.25, -0.2) is 0 Å². The molecule has 0 saturated carbocycles. The van der Waals surface area contributed by atoms with Crippen molar-refractivity contribution < 1.29 is 17.9 Å². The molecule has 0 unspecified atom stereocenters. The zero-order chi connectivity index (χ0) is 15.2. The number of nitrogens with zero attached hydrogens (tertiary/aromatic N) is 1. The van der Waals surface area contributed by atoms with Gasteiger partial charge < -0.3 is 10.1 Å². The topological polar surface area (TPSA) is 34.1 Å². The lowest BCUT2D eigenvalue weighted by Gasteiger charge is -2.20. The van der Waals surface area contributed by atoms with Crippen molar-refractivity contribution in [2.75, 3.05) is 6.61 Å². The van der Waals surface area contributed by atoms with Crippen molar-refractivity contribution in [2.24, 2.45) is 0 Å². The van der Waals surface area contributed by atoms with Crippen LogP contribution < -0.4 is 10.1 Å². The first-order chi connectivity index (χ1) is 9.16. The molecule has 0 aliphatic rings. The fraction of sp³-hybridized carbons (Fsp3) is 0.643. The van der Waals surface area contributed by atoms with Gasteiger partial charge in [0.2, 0.25) is 0 Å². The van der Waals surface area contributed by atoms with E-state index in [0.717, 1.165) is 5.69 Å². The van der Waals surface area contributed by atoms with Gasteiger partial charge in [0, 0.05) is 18.5 Å². The van der Waals surface area contributed by atoms with Crippen molar-refractivity contribution in [3.05, 3.63) is 24.0 Å². The van der Waals surface area contributed by atoms with Gasteiger partial charge in [0.15, 0.2) is 0 Å². The van der Waals surface area contributed by atoms with E-state index in [9.17, 15) is 13.2 Å². The molecule has 0 fully saturated rings. The zero-order valence-electron chi connectivity index (χ0n) is 12.0. The monoisotopic (exact) mass is 290 g/mol. The lowest BCUT2D eigenvalue weighted by Crippen LogP contribution is -2.35. The Bertz CT molecular complexity index is 396. The number of pyridine rings is 1. The van der Waals surface area contributed by atoms with Gasteiger partial charge in [-0.3, -0.25) is 4.98 Å². The summed E-state index contributed by atoms with van der Waals surface area (Å²) in [5, 5.41) is 3.30. The molecule has 0 amide bonds. The molecule has 0 bridgehead atoms. The van der Waals surface area contributed by atoms with Gasteiger partial charge in [-0.1, -0.05) is 0 Å². The molecule has 6 heteroatoms. The minimum Gasteiger partial charge on any atom is -0.492 e. The lowest BCUT2D eigenvalue weighted by atomic mass is 10.1. The summed E-state index contributed by atoms with van der Waals surface area (Å²) in [6, 6.07) is 3.53. The fourth-order valence-electron chi connectivity index (χ4n) is 1.42. The second-order valence-corrected chi connectivity index (χ2v) is 5.66. The highest BCUT2D eigenvalue weighted by atomic mass is 19.4. The van der Waals surface area contributed by atoms with Crippen molar-refractivity contribution in [2.45, 2.75) is 51.9 Å². The van der Waals surface area contributed by atoms with E-state index in [-0.39, 0.29) is 18.6 Å². The normalized spacial score (nSPS) is 12.5. The molecule has 0 radical (unpaired) electrons. The van der Waals surface area contributed by atoms with Crippen LogP contribution in [-0.4, -0.2) is 23.3 Å². The van der Waals surface area contributed by atoms with E-state index in [4.69, 9.17) is 4.74 Å². The third kappa shape index (κ3) is 7.99. The molecule has 1 N–H and O–H groups in total. The molecular formula is C14H21F3N2O. The molecule has 0 aliphatic carbocycles. The van der Waals surface area contributed by atoms with Gasteiger partial charge >= 0.3 is 6.18 Å². The van der Waals surface area contributed by atoms with Crippen LogP contribution in [0.25, 0.3) is 0 Å². The van der Waals surface area contributed by atoms with Crippen molar-refractivity contribution in [3.63, 3.8) is 0 Å². The summed E-state index contributed by atoms with van der Waals surface area (Å²) in [4.78, 5) is 4.20. The standard InChI is InChI=1S/C14H21F3N2O/c1-13(2,3)19-9-11-5-6-12(10-18-11)20-8-4-7-14(15,16)17/h5-6,10,19H,4,7-9H2,1-3H3. The molecule has 0 aromatic carbocycles. The molecule has 3 nitrogen and oxygen atoms in total. The van der Waals surface area contributed by atoms with Crippen LogP contribution in [0, 0.1) is 0 Å². The van der Waals surface area contributed by atoms with E-state index >= 15 is 0 Å². The number of halogens is 3. The smallest absolute Gasteiger partial charge is 0.389 e. The van der Waals surface area contributed by atoms with Crippen LogP contribution in [0.2, 0.25) is 0 Å². The third-order valence-electron chi connectivity index (χ3n) is 2.47. The Hall–Kier alpha value is -1.30. The first kappa shape index (κ1) is 16.8. The van der Waals surface area contributed by atoms with Gasteiger partial charge in [0.1, 0.15) is 5.75 Å². The number of hydrogen-bond donors (Lipinski definition) is 1. The van der Waals surface area contributed by atoms with Crippen LogP contribution in [0.4, 0.5) is 13.2 Å². The van der Waals surface area contributed by atoms with Crippen LogP contribution in [0.3, 0.4) is 0 Å². The molecule has 1 aromatic heterocycles. The van der Waals surface area contributed by atoms with Crippen molar-refractivity contribution in [1.29, 1.82) is 0 Å². The van der Waals surface area contributed by atoms with E-state index in [0.29, 0.717) is 12.3 Å². The highest BCUT2D eigenvalue weighted by Crippen LogP contribution is 2.21. The van der Waals surface area contributed by atoms with Gasteiger partial charge in [-0.05, 0) is 39.3 Å². The van der Waals surface area contributed by atoms with E-state index in [2.05, 4.69) is 31.1 Å². The summed E-state index contributed by atoms with van der Waals surface area (Å²) in [7, 11) is 0. The number of alkyl halides is 3. The Balaban J connectivity index is 2.32. The maximum absolute atomic E-state index is 11.9. The lowest BCUT2D eigenvalue weighted by molar-refractivity contribution is -0.136. The molecule has 114 valence electrons. The Morgan fingerprint density at radius 3 is 2.40 bits per heavy atom. The minimum absolute atomic E-state index is 0.00838. The van der Waals surface area contributed by atoms with Gasteiger partial charge in [-0.2, -0.15) is 13.2 Å². The Morgan fingerprint density at radius 1 is 1.20 bits per heavy atom. The van der Waals surface area contributed by atoms with Crippen molar-refractivity contribution in [3.8, 4) is 5.75 Å². The van der Waals surface area contributed by atoms with Crippen molar-refractivity contribution in [1.82, 2.24) is 10.3 Å². The third-order valence-corrected chi connectivity index (χ3v) is 2.47. The molecule has 20 heavy (non-hydrogen) atoms. The fourth-order valence-corrected chi connectivity index (χ4v) is 1.42. The Morgan fingerprint density at radius 2 is 1.90 bits per heavy atom. The van der Waals surface area contributed by atoms with Crippen LogP contribution in [0.1, 0.15) is 39.3 Å². The molecule has 0 saturated heterocycles. The molecule has 1 aromatic rings. The quantitative estimate of drug-likeness (QED) is 0.811. The summed E-state index contributed by atoms with van der Waals surface area (Å²) < 4.78 is 41.0. The summed E-state index contributed by atoms with van der Waals surface area (Å²) in [6.45, 7) is 6.86. The zero-order valence-corrected chi connectivity index (χ0v) is 12.0. The Kier molecular flexibility index (Phi) is 5.80.